The lowest BCUT2D eigenvalue weighted by atomic mass is 10.1. The molecule has 0 aromatic rings. The smallest absolute Gasteiger partial charge is 0.252 e. The third-order valence-corrected chi connectivity index (χ3v) is 3.24. The molecular formula is C11H19NO3. The lowest BCUT2D eigenvalue weighted by Crippen LogP contribution is -2.48. The van der Waals surface area contributed by atoms with Crippen LogP contribution in [-0.4, -0.2) is 49.8 Å². The van der Waals surface area contributed by atoms with Crippen molar-refractivity contribution in [3.05, 3.63) is 0 Å². The van der Waals surface area contributed by atoms with Gasteiger partial charge in [0.1, 0.15) is 6.10 Å². The van der Waals surface area contributed by atoms with Crippen molar-refractivity contribution in [2.75, 3.05) is 26.9 Å². The van der Waals surface area contributed by atoms with Gasteiger partial charge in [-0.05, 0) is 12.3 Å². The second-order valence-electron chi connectivity index (χ2n) is 4.59. The van der Waals surface area contributed by atoms with E-state index >= 15 is 0 Å². The van der Waals surface area contributed by atoms with Gasteiger partial charge in [0.15, 0.2) is 0 Å². The van der Waals surface area contributed by atoms with Crippen LogP contribution in [0.3, 0.4) is 0 Å². The molecule has 0 aliphatic carbocycles. The van der Waals surface area contributed by atoms with E-state index < -0.39 is 0 Å². The summed E-state index contributed by atoms with van der Waals surface area (Å²) in [5.41, 5.74) is 0. The molecule has 2 rings (SSSR count). The van der Waals surface area contributed by atoms with Crippen LogP contribution in [0.5, 0.6) is 0 Å². The van der Waals surface area contributed by atoms with Crippen molar-refractivity contribution in [3.63, 3.8) is 0 Å². The first-order valence-corrected chi connectivity index (χ1v) is 5.63. The molecule has 2 heterocycles. The van der Waals surface area contributed by atoms with Crippen molar-refractivity contribution in [1.82, 2.24) is 4.90 Å². The first-order chi connectivity index (χ1) is 7.22. The quantitative estimate of drug-likeness (QED) is 0.691. The number of hydrogen-bond acceptors (Lipinski definition) is 3. The van der Waals surface area contributed by atoms with Gasteiger partial charge in [0.25, 0.3) is 5.91 Å². The van der Waals surface area contributed by atoms with E-state index in [4.69, 9.17) is 9.47 Å². The molecule has 2 aliphatic rings. The van der Waals surface area contributed by atoms with E-state index in [0.717, 1.165) is 26.0 Å². The zero-order valence-electron chi connectivity index (χ0n) is 9.44. The Morgan fingerprint density at radius 2 is 2.33 bits per heavy atom. The van der Waals surface area contributed by atoms with Crippen molar-refractivity contribution >= 4 is 5.91 Å². The van der Waals surface area contributed by atoms with Crippen LogP contribution in [0.15, 0.2) is 0 Å². The van der Waals surface area contributed by atoms with Gasteiger partial charge in [-0.25, -0.2) is 0 Å². The van der Waals surface area contributed by atoms with Crippen LogP contribution in [0.4, 0.5) is 0 Å². The Bertz CT molecular complexity index is 240. The summed E-state index contributed by atoms with van der Waals surface area (Å²) in [5.74, 6) is 0.738. The van der Waals surface area contributed by atoms with E-state index in [0.29, 0.717) is 12.5 Å². The largest absolute Gasteiger partial charge is 0.383 e. The lowest BCUT2D eigenvalue weighted by Gasteiger charge is -2.32. The summed E-state index contributed by atoms with van der Waals surface area (Å²) in [5, 5.41) is 0. The van der Waals surface area contributed by atoms with Crippen LogP contribution in [0, 0.1) is 5.92 Å². The van der Waals surface area contributed by atoms with Crippen molar-refractivity contribution in [2.45, 2.75) is 31.9 Å². The third-order valence-electron chi connectivity index (χ3n) is 3.24. The fourth-order valence-electron chi connectivity index (χ4n) is 2.39. The third kappa shape index (κ3) is 2.16. The minimum atomic E-state index is -0.172. The van der Waals surface area contributed by atoms with E-state index in [1.165, 1.54) is 0 Å². The molecule has 4 nitrogen and oxygen atoms in total. The summed E-state index contributed by atoms with van der Waals surface area (Å²) in [4.78, 5) is 13.9. The van der Waals surface area contributed by atoms with Crippen molar-refractivity contribution in [2.24, 2.45) is 5.92 Å². The monoisotopic (exact) mass is 213 g/mol. The van der Waals surface area contributed by atoms with Gasteiger partial charge < -0.3 is 14.4 Å². The van der Waals surface area contributed by atoms with Gasteiger partial charge in [-0.1, -0.05) is 6.92 Å². The van der Waals surface area contributed by atoms with Crippen LogP contribution in [0.25, 0.3) is 0 Å². The molecule has 0 radical (unpaired) electrons. The summed E-state index contributed by atoms with van der Waals surface area (Å²) in [6.07, 6.45) is 1.75. The Morgan fingerprint density at radius 1 is 1.60 bits per heavy atom. The number of carbonyl (C=O) groups is 1. The van der Waals surface area contributed by atoms with E-state index in [2.05, 4.69) is 6.92 Å². The Kier molecular flexibility index (Phi) is 3.26. The second kappa shape index (κ2) is 4.49. The fourth-order valence-corrected chi connectivity index (χ4v) is 2.39. The average Bonchev–Trinajstić information content (AvgIpc) is 2.44. The van der Waals surface area contributed by atoms with Crippen molar-refractivity contribution < 1.29 is 14.3 Å². The zero-order chi connectivity index (χ0) is 10.8. The number of methoxy groups -OCH3 is 1. The maximum atomic E-state index is 12.0. The lowest BCUT2D eigenvalue weighted by molar-refractivity contribution is -0.157. The topological polar surface area (TPSA) is 38.8 Å². The molecule has 2 fully saturated rings. The van der Waals surface area contributed by atoms with Gasteiger partial charge in [0.2, 0.25) is 0 Å². The van der Waals surface area contributed by atoms with Gasteiger partial charge in [0.05, 0.1) is 19.3 Å². The Hall–Kier alpha value is -0.610. The second-order valence-corrected chi connectivity index (χ2v) is 4.59. The van der Waals surface area contributed by atoms with Gasteiger partial charge in [0, 0.05) is 20.1 Å². The normalized spacial score (nSPS) is 35.3. The molecule has 0 saturated carbocycles. The van der Waals surface area contributed by atoms with E-state index in [-0.39, 0.29) is 18.1 Å². The zero-order valence-corrected chi connectivity index (χ0v) is 9.44. The summed E-state index contributed by atoms with van der Waals surface area (Å²) < 4.78 is 10.4. The highest BCUT2D eigenvalue weighted by Gasteiger charge is 2.38. The minimum Gasteiger partial charge on any atom is -0.383 e. The average molecular weight is 213 g/mol. The molecule has 1 amide bonds. The molecule has 0 aromatic heterocycles. The maximum Gasteiger partial charge on any atom is 0.252 e. The Morgan fingerprint density at radius 3 is 2.87 bits per heavy atom. The predicted molar refractivity (Wildman–Crippen MR) is 55.5 cm³/mol. The number of nitrogens with zero attached hydrogens (tertiary/aromatic N) is 1. The van der Waals surface area contributed by atoms with Gasteiger partial charge >= 0.3 is 0 Å². The SMILES string of the molecule is COCC1CC(C)CN1C(=O)C1CCO1. The number of ether oxygens (including phenoxy) is 2. The van der Waals surface area contributed by atoms with Crippen LogP contribution < -0.4 is 0 Å². The summed E-state index contributed by atoms with van der Waals surface area (Å²) >= 11 is 0. The van der Waals surface area contributed by atoms with Crippen LogP contribution >= 0.6 is 0 Å². The summed E-state index contributed by atoms with van der Waals surface area (Å²) in [7, 11) is 1.69. The molecule has 0 N–H and O–H groups in total. The highest BCUT2D eigenvalue weighted by molar-refractivity contribution is 5.82. The Labute approximate surface area is 90.5 Å². The van der Waals surface area contributed by atoms with Crippen LogP contribution in [0.1, 0.15) is 19.8 Å². The van der Waals surface area contributed by atoms with Crippen molar-refractivity contribution in [3.8, 4) is 0 Å². The highest BCUT2D eigenvalue weighted by atomic mass is 16.5. The fraction of sp³-hybridized carbons (Fsp3) is 0.909. The van der Waals surface area contributed by atoms with Crippen LogP contribution in [0.2, 0.25) is 0 Å². The first-order valence-electron chi connectivity index (χ1n) is 5.63. The molecule has 0 aromatic carbocycles. The molecule has 0 spiro atoms. The minimum absolute atomic E-state index is 0.160. The maximum absolute atomic E-state index is 12.0. The Balaban J connectivity index is 1.95. The van der Waals surface area contributed by atoms with Crippen molar-refractivity contribution in [1.29, 1.82) is 0 Å². The molecule has 2 aliphatic heterocycles. The molecule has 3 unspecified atom stereocenters. The number of amides is 1. The molecule has 15 heavy (non-hydrogen) atoms. The summed E-state index contributed by atoms with van der Waals surface area (Å²) in [6, 6.07) is 0.252. The molecule has 4 heteroatoms. The number of hydrogen-bond donors (Lipinski definition) is 0. The molecule has 0 bridgehead atoms. The van der Waals surface area contributed by atoms with E-state index in [9.17, 15) is 4.79 Å². The van der Waals surface area contributed by atoms with Gasteiger partial charge in [-0.2, -0.15) is 0 Å². The summed E-state index contributed by atoms with van der Waals surface area (Å²) in [6.45, 7) is 4.40. The molecular weight excluding hydrogens is 194 g/mol. The predicted octanol–water partition coefficient (Wildman–Crippen LogP) is 0.659. The van der Waals surface area contributed by atoms with Gasteiger partial charge in [-0.3, -0.25) is 4.79 Å². The van der Waals surface area contributed by atoms with E-state index in [1.807, 2.05) is 4.90 Å². The molecule has 86 valence electrons. The van der Waals surface area contributed by atoms with Crippen LogP contribution in [-0.2, 0) is 14.3 Å². The van der Waals surface area contributed by atoms with Gasteiger partial charge in [-0.15, -0.1) is 0 Å². The van der Waals surface area contributed by atoms with E-state index in [1.54, 1.807) is 7.11 Å². The molecule has 2 saturated heterocycles. The standard InChI is InChI=1S/C11H19NO3/c1-8-5-9(7-14-2)12(6-8)11(13)10-3-4-15-10/h8-10H,3-7H2,1-2H3. The first kappa shape index (κ1) is 10.9. The number of likely N-dealkylation sites (tertiary alicyclic amines) is 1. The molecule has 3 atom stereocenters. The number of carbonyl (C=O) groups excluding carboxylic acids is 1. The number of rotatable bonds is 3. The highest BCUT2D eigenvalue weighted by Crippen LogP contribution is 2.26.